The van der Waals surface area contributed by atoms with Crippen LogP contribution in [0.2, 0.25) is 0 Å². The van der Waals surface area contributed by atoms with Crippen LogP contribution >= 0.6 is 0 Å². The smallest absolute Gasteiger partial charge is 0.333 e. The van der Waals surface area contributed by atoms with E-state index in [1.54, 1.807) is 13.0 Å². The van der Waals surface area contributed by atoms with E-state index in [-0.39, 0.29) is 5.97 Å². The Bertz CT molecular complexity index is 208. The van der Waals surface area contributed by atoms with Crippen molar-refractivity contribution in [3.05, 3.63) is 11.6 Å². The van der Waals surface area contributed by atoms with Crippen molar-refractivity contribution in [1.82, 2.24) is 0 Å². The first kappa shape index (κ1) is 13.1. The van der Waals surface area contributed by atoms with E-state index in [9.17, 15) is 4.79 Å². The summed E-state index contributed by atoms with van der Waals surface area (Å²) in [7, 11) is 4.41. The first-order valence-electron chi connectivity index (χ1n) is 4.43. The molecule has 0 radical (unpaired) electrons. The van der Waals surface area contributed by atoms with E-state index in [1.165, 1.54) is 21.3 Å². The molecule has 0 bridgehead atoms. The highest BCUT2D eigenvalue weighted by Gasteiger charge is 2.25. The summed E-state index contributed by atoms with van der Waals surface area (Å²) in [5.74, 6) is -1.21. The fourth-order valence-electron chi connectivity index (χ4n) is 1.14. The number of methoxy groups -OCH3 is 3. The van der Waals surface area contributed by atoms with Gasteiger partial charge < -0.3 is 14.2 Å². The SMILES string of the molecule is CCC(C=C(C)C(=O)OC)(OC)OC. The van der Waals surface area contributed by atoms with Gasteiger partial charge in [0.2, 0.25) is 0 Å². The van der Waals surface area contributed by atoms with Gasteiger partial charge in [0.15, 0.2) is 5.79 Å². The zero-order valence-electron chi connectivity index (χ0n) is 9.42. The summed E-state index contributed by atoms with van der Waals surface area (Å²) in [6.45, 7) is 3.57. The van der Waals surface area contributed by atoms with Gasteiger partial charge in [-0.15, -0.1) is 0 Å². The van der Waals surface area contributed by atoms with Crippen LogP contribution in [0.15, 0.2) is 11.6 Å². The third-order valence-corrected chi connectivity index (χ3v) is 2.13. The normalized spacial score (nSPS) is 12.8. The van der Waals surface area contributed by atoms with Crippen molar-refractivity contribution in [2.45, 2.75) is 26.1 Å². The highest BCUT2D eigenvalue weighted by atomic mass is 16.7. The Labute approximate surface area is 84.8 Å². The van der Waals surface area contributed by atoms with Crippen LogP contribution in [0.25, 0.3) is 0 Å². The third-order valence-electron chi connectivity index (χ3n) is 2.13. The quantitative estimate of drug-likeness (QED) is 0.385. The number of hydrogen-bond acceptors (Lipinski definition) is 4. The fourth-order valence-corrected chi connectivity index (χ4v) is 1.14. The molecule has 0 aliphatic carbocycles. The first-order valence-corrected chi connectivity index (χ1v) is 4.43. The molecule has 0 amide bonds. The highest BCUT2D eigenvalue weighted by Crippen LogP contribution is 2.19. The van der Waals surface area contributed by atoms with E-state index in [4.69, 9.17) is 9.47 Å². The lowest BCUT2D eigenvalue weighted by atomic mass is 10.1. The summed E-state index contributed by atoms with van der Waals surface area (Å²) in [4.78, 5) is 11.1. The van der Waals surface area contributed by atoms with Crippen molar-refractivity contribution in [2.24, 2.45) is 0 Å². The molecule has 0 aliphatic rings. The van der Waals surface area contributed by atoms with Gasteiger partial charge in [-0.25, -0.2) is 4.79 Å². The van der Waals surface area contributed by atoms with E-state index in [2.05, 4.69) is 4.74 Å². The van der Waals surface area contributed by atoms with E-state index < -0.39 is 5.79 Å². The Balaban J connectivity index is 4.79. The van der Waals surface area contributed by atoms with Gasteiger partial charge in [-0.05, 0) is 13.0 Å². The van der Waals surface area contributed by atoms with Crippen LogP contribution in [0.4, 0.5) is 0 Å². The van der Waals surface area contributed by atoms with Gasteiger partial charge in [0.1, 0.15) is 0 Å². The maximum atomic E-state index is 11.1. The summed E-state index contributed by atoms with van der Waals surface area (Å²) >= 11 is 0. The van der Waals surface area contributed by atoms with Gasteiger partial charge in [-0.3, -0.25) is 0 Å². The summed E-state index contributed by atoms with van der Waals surface area (Å²) in [5.41, 5.74) is 0.470. The maximum absolute atomic E-state index is 11.1. The molecular weight excluding hydrogens is 184 g/mol. The Morgan fingerprint density at radius 1 is 1.29 bits per heavy atom. The van der Waals surface area contributed by atoms with Crippen molar-refractivity contribution < 1.29 is 19.0 Å². The monoisotopic (exact) mass is 202 g/mol. The average molecular weight is 202 g/mol. The Kier molecular flexibility index (Phi) is 5.42. The van der Waals surface area contributed by atoms with Crippen LogP contribution < -0.4 is 0 Å². The third kappa shape index (κ3) is 3.12. The zero-order valence-corrected chi connectivity index (χ0v) is 9.42. The average Bonchev–Trinajstić information content (AvgIpc) is 2.24. The van der Waals surface area contributed by atoms with Gasteiger partial charge >= 0.3 is 5.97 Å². The number of carbonyl (C=O) groups excluding carboxylic acids is 1. The summed E-state index contributed by atoms with van der Waals surface area (Å²) in [6.07, 6.45) is 2.24. The van der Waals surface area contributed by atoms with Gasteiger partial charge in [-0.1, -0.05) is 6.92 Å². The minimum Gasteiger partial charge on any atom is -0.466 e. The Morgan fingerprint density at radius 3 is 2.07 bits per heavy atom. The molecule has 0 atom stereocenters. The molecule has 0 aromatic heterocycles. The van der Waals surface area contributed by atoms with Gasteiger partial charge in [-0.2, -0.15) is 0 Å². The van der Waals surface area contributed by atoms with Gasteiger partial charge in [0.25, 0.3) is 0 Å². The second-order valence-electron chi connectivity index (χ2n) is 2.89. The van der Waals surface area contributed by atoms with Gasteiger partial charge in [0, 0.05) is 26.2 Å². The Hall–Kier alpha value is -0.870. The van der Waals surface area contributed by atoms with E-state index in [0.29, 0.717) is 12.0 Å². The molecule has 4 nitrogen and oxygen atoms in total. The number of esters is 1. The van der Waals surface area contributed by atoms with E-state index in [0.717, 1.165) is 0 Å². The Morgan fingerprint density at radius 2 is 1.79 bits per heavy atom. The van der Waals surface area contributed by atoms with Crippen LogP contribution in [-0.2, 0) is 19.0 Å². The first-order chi connectivity index (χ1) is 6.55. The zero-order chi connectivity index (χ0) is 11.2. The molecule has 82 valence electrons. The van der Waals surface area contributed by atoms with Crippen LogP contribution in [-0.4, -0.2) is 33.1 Å². The molecule has 4 heteroatoms. The topological polar surface area (TPSA) is 44.8 Å². The molecule has 0 aromatic carbocycles. The molecule has 0 saturated heterocycles. The summed E-state index contributed by atoms with van der Waals surface area (Å²) in [6, 6.07) is 0. The van der Waals surface area contributed by atoms with Crippen LogP contribution in [0, 0.1) is 0 Å². The highest BCUT2D eigenvalue weighted by molar-refractivity contribution is 5.87. The van der Waals surface area contributed by atoms with E-state index >= 15 is 0 Å². The number of rotatable bonds is 5. The molecule has 0 heterocycles. The van der Waals surface area contributed by atoms with Crippen LogP contribution in [0.1, 0.15) is 20.3 Å². The number of ether oxygens (including phenoxy) is 3. The second-order valence-corrected chi connectivity index (χ2v) is 2.89. The van der Waals surface area contributed by atoms with Crippen molar-refractivity contribution in [2.75, 3.05) is 21.3 Å². The van der Waals surface area contributed by atoms with Crippen molar-refractivity contribution >= 4 is 5.97 Å². The fraction of sp³-hybridized carbons (Fsp3) is 0.700. The van der Waals surface area contributed by atoms with Crippen molar-refractivity contribution in [3.63, 3.8) is 0 Å². The minimum atomic E-state index is -0.835. The molecule has 0 aromatic rings. The minimum absolute atomic E-state index is 0.378. The molecule has 0 unspecified atom stereocenters. The van der Waals surface area contributed by atoms with E-state index in [1.807, 2.05) is 6.92 Å². The van der Waals surface area contributed by atoms with Gasteiger partial charge in [0.05, 0.1) is 7.11 Å². The molecule has 14 heavy (non-hydrogen) atoms. The summed E-state index contributed by atoms with van der Waals surface area (Å²) in [5, 5.41) is 0. The summed E-state index contributed by atoms with van der Waals surface area (Å²) < 4.78 is 15.0. The molecule has 0 rings (SSSR count). The lowest BCUT2D eigenvalue weighted by Gasteiger charge is -2.26. The second kappa shape index (κ2) is 5.78. The predicted molar refractivity (Wildman–Crippen MR) is 52.8 cm³/mol. The predicted octanol–water partition coefficient (Wildman–Crippen LogP) is 1.50. The molecular formula is C10H18O4. The molecule has 0 aliphatic heterocycles. The van der Waals surface area contributed by atoms with Crippen molar-refractivity contribution in [3.8, 4) is 0 Å². The molecule has 0 fully saturated rings. The van der Waals surface area contributed by atoms with Crippen LogP contribution in [0.3, 0.4) is 0 Å². The molecule has 0 spiro atoms. The largest absolute Gasteiger partial charge is 0.466 e. The molecule has 0 saturated carbocycles. The maximum Gasteiger partial charge on any atom is 0.333 e. The standard InChI is InChI=1S/C10H18O4/c1-6-10(13-4,14-5)7-8(2)9(11)12-3/h7H,6H2,1-5H3. The lowest BCUT2D eigenvalue weighted by molar-refractivity contribution is -0.172. The lowest BCUT2D eigenvalue weighted by Crippen LogP contribution is -2.31. The van der Waals surface area contributed by atoms with Crippen LogP contribution in [0.5, 0.6) is 0 Å². The number of carbonyl (C=O) groups is 1. The van der Waals surface area contributed by atoms with Crippen molar-refractivity contribution in [1.29, 1.82) is 0 Å². The molecule has 0 N–H and O–H groups in total. The number of hydrogen-bond donors (Lipinski definition) is 0.